The quantitative estimate of drug-likeness (QED) is 0.541. The number of aromatic nitrogens is 1. The van der Waals surface area contributed by atoms with Crippen molar-refractivity contribution >= 4 is 21.8 Å². The molecule has 0 saturated heterocycles. The molecule has 0 spiro atoms. The molecule has 0 aliphatic carbocycles. The standard InChI is InChI=1S/C5H4BrFN2/c6-9-4-2-1-3-8-5(4)7/h1-3,9H. The molecule has 0 atom stereocenters. The fourth-order valence-electron chi connectivity index (χ4n) is 0.457. The molecular weight excluding hydrogens is 187 g/mol. The third-order valence-corrected chi connectivity index (χ3v) is 1.29. The number of nitrogens with one attached hydrogen (secondary N) is 1. The van der Waals surface area contributed by atoms with Crippen molar-refractivity contribution in [3.8, 4) is 0 Å². The third kappa shape index (κ3) is 1.38. The van der Waals surface area contributed by atoms with Crippen molar-refractivity contribution in [1.29, 1.82) is 0 Å². The fourth-order valence-corrected chi connectivity index (χ4v) is 0.752. The normalized spacial score (nSPS) is 9.11. The molecule has 1 heterocycles. The Hall–Kier alpha value is -0.640. The third-order valence-electron chi connectivity index (χ3n) is 0.861. The number of hydrogen-bond acceptors (Lipinski definition) is 2. The zero-order valence-corrected chi connectivity index (χ0v) is 6.02. The molecule has 4 heteroatoms. The summed E-state index contributed by atoms with van der Waals surface area (Å²) < 4.78 is 14.9. The van der Waals surface area contributed by atoms with E-state index in [9.17, 15) is 4.39 Å². The first-order chi connectivity index (χ1) is 4.34. The van der Waals surface area contributed by atoms with Crippen LogP contribution in [-0.2, 0) is 0 Å². The predicted octanol–water partition coefficient (Wildman–Crippen LogP) is 1.94. The van der Waals surface area contributed by atoms with E-state index in [4.69, 9.17) is 0 Å². The van der Waals surface area contributed by atoms with Gasteiger partial charge in [-0.2, -0.15) is 4.39 Å². The van der Waals surface area contributed by atoms with Crippen LogP contribution in [0.5, 0.6) is 0 Å². The molecule has 1 aromatic rings. The highest BCUT2D eigenvalue weighted by molar-refractivity contribution is 9.10. The van der Waals surface area contributed by atoms with Crippen LogP contribution in [0, 0.1) is 5.95 Å². The molecule has 1 rings (SSSR count). The average Bonchev–Trinajstić information content (AvgIpc) is 1.89. The number of hydrogen-bond donors (Lipinski definition) is 1. The molecule has 48 valence electrons. The molecule has 0 unspecified atom stereocenters. The van der Waals surface area contributed by atoms with E-state index >= 15 is 0 Å². The van der Waals surface area contributed by atoms with Crippen LogP contribution >= 0.6 is 16.1 Å². The molecule has 1 aromatic heterocycles. The number of rotatable bonds is 1. The Kier molecular flexibility index (Phi) is 2.00. The highest BCUT2D eigenvalue weighted by Crippen LogP contribution is 2.10. The van der Waals surface area contributed by atoms with E-state index in [2.05, 4.69) is 25.5 Å². The molecule has 0 amide bonds. The summed E-state index contributed by atoms with van der Waals surface area (Å²) in [4.78, 5) is 3.39. The summed E-state index contributed by atoms with van der Waals surface area (Å²) in [5, 5.41) is 0. The Morgan fingerprint density at radius 3 is 2.89 bits per heavy atom. The Morgan fingerprint density at radius 1 is 1.67 bits per heavy atom. The summed E-state index contributed by atoms with van der Waals surface area (Å²) in [7, 11) is 0. The van der Waals surface area contributed by atoms with Crippen LogP contribution in [0.3, 0.4) is 0 Å². The molecule has 0 fully saturated rings. The van der Waals surface area contributed by atoms with Gasteiger partial charge in [-0.3, -0.25) is 0 Å². The Morgan fingerprint density at radius 2 is 2.44 bits per heavy atom. The smallest absolute Gasteiger partial charge is 0.237 e. The lowest BCUT2D eigenvalue weighted by Gasteiger charge is -1.94. The topological polar surface area (TPSA) is 24.9 Å². The van der Waals surface area contributed by atoms with Gasteiger partial charge in [-0.05, 0) is 12.1 Å². The van der Waals surface area contributed by atoms with E-state index in [1.807, 2.05) is 0 Å². The lowest BCUT2D eigenvalue weighted by Crippen LogP contribution is -1.87. The number of pyridine rings is 1. The second kappa shape index (κ2) is 2.77. The van der Waals surface area contributed by atoms with Crippen molar-refractivity contribution in [2.24, 2.45) is 0 Å². The van der Waals surface area contributed by atoms with Gasteiger partial charge in [-0.25, -0.2) is 4.98 Å². The van der Waals surface area contributed by atoms with E-state index in [0.717, 1.165) is 0 Å². The zero-order valence-electron chi connectivity index (χ0n) is 4.44. The largest absolute Gasteiger partial charge is 0.318 e. The van der Waals surface area contributed by atoms with Crippen LogP contribution < -0.4 is 4.34 Å². The van der Waals surface area contributed by atoms with E-state index in [1.54, 1.807) is 12.1 Å². The van der Waals surface area contributed by atoms with Gasteiger partial charge in [0.15, 0.2) is 0 Å². The van der Waals surface area contributed by atoms with Crippen molar-refractivity contribution in [2.45, 2.75) is 0 Å². The maximum atomic E-state index is 12.4. The lowest BCUT2D eigenvalue weighted by atomic mass is 10.4. The molecular formula is C5H4BrFN2. The zero-order chi connectivity index (χ0) is 6.69. The summed E-state index contributed by atoms with van der Waals surface area (Å²) in [6, 6.07) is 3.23. The SMILES string of the molecule is Fc1ncccc1NBr. The van der Waals surface area contributed by atoms with Crippen molar-refractivity contribution in [3.05, 3.63) is 24.3 Å². The number of nitrogens with zero attached hydrogens (tertiary/aromatic N) is 1. The first kappa shape index (κ1) is 6.48. The minimum Gasteiger partial charge on any atom is -0.318 e. The van der Waals surface area contributed by atoms with Crippen molar-refractivity contribution in [1.82, 2.24) is 4.98 Å². The molecule has 0 aliphatic rings. The van der Waals surface area contributed by atoms with E-state index in [0.29, 0.717) is 5.69 Å². The molecule has 0 aliphatic heterocycles. The van der Waals surface area contributed by atoms with Gasteiger partial charge < -0.3 is 4.34 Å². The summed E-state index contributed by atoms with van der Waals surface area (Å²) in [6.45, 7) is 0. The van der Waals surface area contributed by atoms with Gasteiger partial charge >= 0.3 is 0 Å². The fraction of sp³-hybridized carbons (Fsp3) is 0. The predicted molar refractivity (Wildman–Crippen MR) is 36.7 cm³/mol. The number of anilines is 1. The molecule has 0 radical (unpaired) electrons. The van der Waals surface area contributed by atoms with Crippen molar-refractivity contribution in [3.63, 3.8) is 0 Å². The molecule has 1 N–H and O–H groups in total. The van der Waals surface area contributed by atoms with E-state index < -0.39 is 5.95 Å². The second-order valence-electron chi connectivity index (χ2n) is 1.44. The maximum Gasteiger partial charge on any atom is 0.237 e. The van der Waals surface area contributed by atoms with Gasteiger partial charge in [0.25, 0.3) is 0 Å². The van der Waals surface area contributed by atoms with Crippen LogP contribution in [0.15, 0.2) is 18.3 Å². The number of halogens is 2. The minimum absolute atomic E-state index is 0.345. The van der Waals surface area contributed by atoms with E-state index in [-0.39, 0.29) is 0 Å². The van der Waals surface area contributed by atoms with Gasteiger partial charge in [0, 0.05) is 22.3 Å². The monoisotopic (exact) mass is 190 g/mol. The Balaban J connectivity index is 3.01. The van der Waals surface area contributed by atoms with Gasteiger partial charge in [-0.1, -0.05) is 0 Å². The highest BCUT2D eigenvalue weighted by atomic mass is 79.9. The van der Waals surface area contributed by atoms with Crippen LogP contribution in [0.1, 0.15) is 0 Å². The average molecular weight is 191 g/mol. The lowest BCUT2D eigenvalue weighted by molar-refractivity contribution is 0.589. The van der Waals surface area contributed by atoms with E-state index in [1.165, 1.54) is 6.20 Å². The summed E-state index contributed by atoms with van der Waals surface area (Å²) in [5.74, 6) is -0.505. The molecule has 0 aromatic carbocycles. The molecule has 0 bridgehead atoms. The second-order valence-corrected chi connectivity index (χ2v) is 1.83. The molecule has 2 nitrogen and oxygen atoms in total. The molecule has 0 saturated carbocycles. The summed E-state index contributed by atoms with van der Waals surface area (Å²) in [5.41, 5.74) is 0.345. The first-order valence-corrected chi connectivity index (χ1v) is 3.11. The summed E-state index contributed by atoms with van der Waals surface area (Å²) >= 11 is 2.88. The molecule has 9 heavy (non-hydrogen) atoms. The Bertz CT molecular complexity index is 204. The van der Waals surface area contributed by atoms with Crippen molar-refractivity contribution in [2.75, 3.05) is 4.34 Å². The maximum absolute atomic E-state index is 12.4. The van der Waals surface area contributed by atoms with Crippen LogP contribution in [-0.4, -0.2) is 4.98 Å². The van der Waals surface area contributed by atoms with Gasteiger partial charge in [0.2, 0.25) is 5.95 Å². The minimum atomic E-state index is -0.505. The highest BCUT2D eigenvalue weighted by Gasteiger charge is 1.96. The van der Waals surface area contributed by atoms with Gasteiger partial charge in [0.1, 0.15) is 0 Å². The summed E-state index contributed by atoms with van der Waals surface area (Å²) in [6.07, 6.45) is 1.39. The first-order valence-electron chi connectivity index (χ1n) is 2.32. The van der Waals surface area contributed by atoms with Crippen molar-refractivity contribution < 1.29 is 4.39 Å². The van der Waals surface area contributed by atoms with Gasteiger partial charge in [-0.15, -0.1) is 0 Å². The Labute approximate surface area is 60.4 Å². The van der Waals surface area contributed by atoms with Crippen LogP contribution in [0.4, 0.5) is 10.1 Å². The van der Waals surface area contributed by atoms with Crippen LogP contribution in [0.2, 0.25) is 0 Å². The van der Waals surface area contributed by atoms with Crippen LogP contribution in [0.25, 0.3) is 0 Å². The van der Waals surface area contributed by atoms with Gasteiger partial charge in [0.05, 0.1) is 5.69 Å².